The number of nitrogens with zero attached hydrogens (tertiary/aromatic N) is 2. The second kappa shape index (κ2) is 11.5. The molecule has 12 heteroatoms. The van der Waals surface area contributed by atoms with E-state index in [-0.39, 0.29) is 27.0 Å². The van der Waals surface area contributed by atoms with Crippen molar-refractivity contribution in [3.05, 3.63) is 87.7 Å². The van der Waals surface area contributed by atoms with Crippen molar-refractivity contribution >= 4 is 45.3 Å². The summed E-state index contributed by atoms with van der Waals surface area (Å²) < 4.78 is 46.7. The zero-order valence-electron chi connectivity index (χ0n) is 18.3. The topological polar surface area (TPSA) is 108 Å². The van der Waals surface area contributed by atoms with E-state index < -0.39 is 34.8 Å². The second-order valence-electron chi connectivity index (χ2n) is 7.15. The summed E-state index contributed by atoms with van der Waals surface area (Å²) in [6.07, 6.45) is 1.28. The number of hydrogen-bond acceptors (Lipinski definition) is 6. The molecular formula is C23H20Cl2FN3O5S. The lowest BCUT2D eigenvalue weighted by Gasteiger charge is -2.22. The average Bonchev–Trinajstić information content (AvgIpc) is 2.82. The van der Waals surface area contributed by atoms with Crippen molar-refractivity contribution in [1.82, 2.24) is 9.73 Å². The van der Waals surface area contributed by atoms with Gasteiger partial charge < -0.3 is 9.84 Å². The Morgan fingerprint density at radius 3 is 2.54 bits per heavy atom. The number of sulfonamides is 1. The van der Waals surface area contributed by atoms with Crippen molar-refractivity contribution in [2.75, 3.05) is 13.7 Å². The number of hydrogen-bond donors (Lipinski definition) is 2. The van der Waals surface area contributed by atoms with Crippen LogP contribution in [0.2, 0.25) is 10.0 Å². The normalized spacial score (nSPS) is 11.7. The van der Waals surface area contributed by atoms with Crippen molar-refractivity contribution in [3.63, 3.8) is 0 Å². The molecule has 0 fully saturated rings. The van der Waals surface area contributed by atoms with Gasteiger partial charge in [0.1, 0.15) is 5.82 Å². The second-order valence-corrected chi connectivity index (χ2v) is 9.93. The summed E-state index contributed by atoms with van der Waals surface area (Å²) in [6.45, 7) is -1.17. The fraction of sp³-hybridized carbons (Fsp3) is 0.130. The van der Waals surface area contributed by atoms with E-state index in [0.717, 1.165) is 10.4 Å². The van der Waals surface area contributed by atoms with Crippen LogP contribution in [0.15, 0.2) is 70.7 Å². The van der Waals surface area contributed by atoms with E-state index >= 15 is 0 Å². The molecule has 0 spiro atoms. The highest BCUT2D eigenvalue weighted by Crippen LogP contribution is 2.26. The van der Waals surface area contributed by atoms with Gasteiger partial charge in [0.05, 0.1) is 24.8 Å². The van der Waals surface area contributed by atoms with Gasteiger partial charge in [0.15, 0.2) is 11.5 Å². The van der Waals surface area contributed by atoms with Crippen molar-refractivity contribution in [2.45, 2.75) is 11.4 Å². The summed E-state index contributed by atoms with van der Waals surface area (Å²) in [4.78, 5) is 12.4. The third-order valence-corrected chi connectivity index (χ3v) is 7.19. The van der Waals surface area contributed by atoms with Gasteiger partial charge in [-0.25, -0.2) is 18.2 Å². The minimum absolute atomic E-state index is 0.0148. The molecule has 3 aromatic carbocycles. The van der Waals surface area contributed by atoms with Crippen LogP contribution in [0.25, 0.3) is 0 Å². The molecule has 0 saturated heterocycles. The molecule has 1 amide bonds. The SMILES string of the molecule is COc1cc(/C=N\NC(=O)CN(Cc2c(F)cccc2Cl)S(=O)(=O)c2ccc(Cl)cc2)ccc1O. The number of nitrogens with one attached hydrogen (secondary N) is 1. The number of benzene rings is 3. The number of halogens is 3. The van der Waals surface area contributed by atoms with E-state index in [4.69, 9.17) is 27.9 Å². The molecule has 2 N–H and O–H groups in total. The molecule has 3 rings (SSSR count). The first kappa shape index (κ1) is 26.4. The number of ether oxygens (including phenoxy) is 1. The maximum absolute atomic E-state index is 14.4. The molecule has 0 aliphatic rings. The van der Waals surface area contributed by atoms with Gasteiger partial charge in [0.2, 0.25) is 10.0 Å². The molecule has 0 radical (unpaired) electrons. The molecule has 35 heavy (non-hydrogen) atoms. The summed E-state index contributed by atoms with van der Waals surface area (Å²) in [5, 5.41) is 13.8. The van der Waals surface area contributed by atoms with E-state index in [1.165, 1.54) is 67.9 Å². The molecular weight excluding hydrogens is 520 g/mol. The monoisotopic (exact) mass is 539 g/mol. The van der Waals surface area contributed by atoms with Gasteiger partial charge in [-0.2, -0.15) is 9.41 Å². The number of phenols is 1. The van der Waals surface area contributed by atoms with Crippen molar-refractivity contribution in [3.8, 4) is 11.5 Å². The highest BCUT2D eigenvalue weighted by Gasteiger charge is 2.28. The van der Waals surface area contributed by atoms with Crippen molar-refractivity contribution < 1.29 is 27.4 Å². The van der Waals surface area contributed by atoms with Crippen LogP contribution in [0.1, 0.15) is 11.1 Å². The standard InChI is InChI=1S/C23H20Cl2FN3O5S/c1-34-22-11-15(5-10-21(22)30)12-27-28-23(31)14-29(13-18-19(25)3-2-4-20(18)26)35(32,33)17-8-6-16(24)7-9-17/h2-12,30H,13-14H2,1H3,(H,28,31)/b27-12-. The van der Waals surface area contributed by atoms with Crippen LogP contribution in [0.4, 0.5) is 4.39 Å². The molecule has 184 valence electrons. The Morgan fingerprint density at radius 1 is 1.17 bits per heavy atom. The van der Waals surface area contributed by atoms with Gasteiger partial charge in [-0.3, -0.25) is 4.79 Å². The number of carbonyl (C=O) groups is 1. The molecule has 0 bridgehead atoms. The van der Waals surface area contributed by atoms with Crippen LogP contribution < -0.4 is 10.2 Å². The number of methoxy groups -OCH3 is 1. The lowest BCUT2D eigenvalue weighted by atomic mass is 10.2. The van der Waals surface area contributed by atoms with Gasteiger partial charge in [0, 0.05) is 22.2 Å². The molecule has 3 aromatic rings. The molecule has 0 unspecified atom stereocenters. The zero-order chi connectivity index (χ0) is 25.6. The predicted octanol–water partition coefficient (Wildman–Crippen LogP) is 4.19. The lowest BCUT2D eigenvalue weighted by Crippen LogP contribution is -2.39. The Hall–Kier alpha value is -3.18. The van der Waals surface area contributed by atoms with E-state index in [0.29, 0.717) is 10.6 Å². The quantitative estimate of drug-likeness (QED) is 0.313. The molecule has 0 aliphatic heterocycles. The maximum atomic E-state index is 14.4. The summed E-state index contributed by atoms with van der Waals surface area (Å²) in [6, 6.07) is 13.7. The van der Waals surface area contributed by atoms with Crippen LogP contribution in [-0.2, 0) is 21.4 Å². The Bertz CT molecular complexity index is 1330. The Morgan fingerprint density at radius 2 is 1.89 bits per heavy atom. The van der Waals surface area contributed by atoms with Gasteiger partial charge in [0.25, 0.3) is 5.91 Å². The predicted molar refractivity (Wildman–Crippen MR) is 131 cm³/mol. The molecule has 0 saturated carbocycles. The smallest absolute Gasteiger partial charge is 0.255 e. The Labute approximate surface area is 211 Å². The first-order valence-corrected chi connectivity index (χ1v) is 12.2. The molecule has 0 aliphatic carbocycles. The number of aromatic hydroxyl groups is 1. The van der Waals surface area contributed by atoms with Crippen LogP contribution >= 0.6 is 23.2 Å². The van der Waals surface area contributed by atoms with E-state index in [2.05, 4.69) is 10.5 Å². The summed E-state index contributed by atoms with van der Waals surface area (Å²) >= 11 is 11.9. The maximum Gasteiger partial charge on any atom is 0.255 e. The number of hydrazone groups is 1. The Balaban J connectivity index is 1.83. The van der Waals surface area contributed by atoms with Gasteiger partial charge in [-0.05, 0) is 60.2 Å². The number of rotatable bonds is 9. The fourth-order valence-electron chi connectivity index (χ4n) is 2.99. The molecule has 8 nitrogen and oxygen atoms in total. The Kier molecular flexibility index (Phi) is 8.68. The minimum Gasteiger partial charge on any atom is -0.504 e. The third-order valence-electron chi connectivity index (χ3n) is 4.77. The number of carbonyl (C=O) groups excluding carboxylic acids is 1. The van der Waals surface area contributed by atoms with E-state index in [9.17, 15) is 22.7 Å². The molecule has 0 heterocycles. The van der Waals surface area contributed by atoms with Gasteiger partial charge in [-0.1, -0.05) is 29.3 Å². The van der Waals surface area contributed by atoms with Crippen LogP contribution in [0.3, 0.4) is 0 Å². The summed E-state index contributed by atoms with van der Waals surface area (Å²) in [5.74, 6) is -1.35. The molecule has 0 aromatic heterocycles. The minimum atomic E-state index is -4.24. The van der Waals surface area contributed by atoms with Crippen LogP contribution in [0.5, 0.6) is 11.5 Å². The number of amides is 1. The molecule has 0 atom stereocenters. The largest absolute Gasteiger partial charge is 0.504 e. The highest BCUT2D eigenvalue weighted by molar-refractivity contribution is 7.89. The zero-order valence-corrected chi connectivity index (χ0v) is 20.6. The van der Waals surface area contributed by atoms with E-state index in [1.807, 2.05) is 0 Å². The fourth-order valence-corrected chi connectivity index (χ4v) is 4.70. The van der Waals surface area contributed by atoms with Crippen molar-refractivity contribution in [2.24, 2.45) is 5.10 Å². The van der Waals surface area contributed by atoms with Crippen molar-refractivity contribution in [1.29, 1.82) is 0 Å². The first-order chi connectivity index (χ1) is 16.6. The summed E-state index contributed by atoms with van der Waals surface area (Å²) in [7, 11) is -2.86. The van der Waals surface area contributed by atoms with Gasteiger partial charge >= 0.3 is 0 Å². The lowest BCUT2D eigenvalue weighted by molar-refractivity contribution is -0.121. The average molecular weight is 540 g/mol. The first-order valence-electron chi connectivity index (χ1n) is 9.99. The third kappa shape index (κ3) is 6.70. The van der Waals surface area contributed by atoms with E-state index in [1.54, 1.807) is 0 Å². The number of phenolic OH excluding ortho intramolecular Hbond substituents is 1. The summed E-state index contributed by atoms with van der Waals surface area (Å²) in [5.41, 5.74) is 2.65. The van der Waals surface area contributed by atoms with Crippen LogP contribution in [0, 0.1) is 5.82 Å². The highest BCUT2D eigenvalue weighted by atomic mass is 35.5. The van der Waals surface area contributed by atoms with Crippen LogP contribution in [-0.4, -0.2) is 43.6 Å². The van der Waals surface area contributed by atoms with Gasteiger partial charge in [-0.15, -0.1) is 0 Å².